The van der Waals surface area contributed by atoms with Crippen LogP contribution >= 0.6 is 11.8 Å². The number of amides is 2. The van der Waals surface area contributed by atoms with Crippen LogP contribution < -0.4 is 5.32 Å². The average Bonchev–Trinajstić information content (AvgIpc) is 2.89. The maximum Gasteiger partial charge on any atom is 0.335 e. The fourth-order valence-corrected chi connectivity index (χ4v) is 3.44. The molecule has 1 aromatic carbocycles. The molecule has 0 aliphatic carbocycles. The lowest BCUT2D eigenvalue weighted by Crippen LogP contribution is -2.27. The van der Waals surface area contributed by atoms with E-state index in [1.807, 2.05) is 18.7 Å². The van der Waals surface area contributed by atoms with E-state index in [0.29, 0.717) is 10.9 Å². The second-order valence-electron chi connectivity index (χ2n) is 5.15. The Morgan fingerprint density at radius 3 is 2.67 bits per heavy atom. The van der Waals surface area contributed by atoms with Crippen molar-refractivity contribution in [3.05, 3.63) is 29.8 Å². The van der Waals surface area contributed by atoms with Gasteiger partial charge in [0.15, 0.2) is 5.17 Å². The minimum atomic E-state index is -1.06. The highest BCUT2D eigenvalue weighted by molar-refractivity contribution is 8.15. The number of thioether (sulfide) groups is 1. The van der Waals surface area contributed by atoms with E-state index in [1.165, 1.54) is 23.9 Å². The van der Waals surface area contributed by atoms with E-state index in [1.54, 1.807) is 12.1 Å². The third kappa shape index (κ3) is 4.35. The van der Waals surface area contributed by atoms with Crippen molar-refractivity contribution in [1.29, 1.82) is 0 Å². The predicted molar refractivity (Wildman–Crippen MR) is 93.4 cm³/mol. The number of aliphatic imine (C=N–C) groups is 1. The number of amidine groups is 1. The quantitative estimate of drug-likeness (QED) is 0.815. The van der Waals surface area contributed by atoms with E-state index in [4.69, 9.17) is 5.11 Å². The molecule has 1 aromatic rings. The van der Waals surface area contributed by atoms with Gasteiger partial charge in [0.05, 0.1) is 5.56 Å². The van der Waals surface area contributed by atoms with Gasteiger partial charge in [-0.25, -0.2) is 4.79 Å². The number of carbonyl (C=O) groups excluding carboxylic acids is 2. The monoisotopic (exact) mass is 349 g/mol. The number of benzene rings is 1. The molecule has 0 radical (unpaired) electrons. The summed E-state index contributed by atoms with van der Waals surface area (Å²) in [6.45, 7) is 5.45. The Hall–Kier alpha value is -2.35. The van der Waals surface area contributed by atoms with Gasteiger partial charge in [-0.05, 0) is 32.0 Å². The third-order valence-electron chi connectivity index (χ3n) is 3.53. The number of hydrogen-bond donors (Lipinski definition) is 2. The third-order valence-corrected chi connectivity index (χ3v) is 4.74. The van der Waals surface area contributed by atoms with Gasteiger partial charge in [0.2, 0.25) is 5.91 Å². The second-order valence-corrected chi connectivity index (χ2v) is 6.32. The fourth-order valence-electron chi connectivity index (χ4n) is 2.25. The second kappa shape index (κ2) is 7.96. The van der Waals surface area contributed by atoms with Gasteiger partial charge in [-0.1, -0.05) is 17.8 Å². The summed E-state index contributed by atoms with van der Waals surface area (Å²) in [4.78, 5) is 41.0. The number of rotatable bonds is 6. The van der Waals surface area contributed by atoms with Crippen molar-refractivity contribution >= 4 is 40.4 Å². The summed E-state index contributed by atoms with van der Waals surface area (Å²) in [5, 5.41) is 11.7. The molecule has 8 heteroatoms. The highest BCUT2D eigenvalue weighted by atomic mass is 32.2. The molecule has 0 saturated carbocycles. The van der Waals surface area contributed by atoms with Gasteiger partial charge >= 0.3 is 5.97 Å². The molecule has 128 valence electrons. The minimum Gasteiger partial charge on any atom is -0.478 e. The zero-order chi connectivity index (χ0) is 17.7. The van der Waals surface area contributed by atoms with Gasteiger partial charge in [0, 0.05) is 25.2 Å². The van der Waals surface area contributed by atoms with Gasteiger partial charge in [-0.2, -0.15) is 4.99 Å². The predicted octanol–water partition coefficient (Wildman–Crippen LogP) is 2.05. The van der Waals surface area contributed by atoms with Gasteiger partial charge in [-0.3, -0.25) is 9.59 Å². The van der Waals surface area contributed by atoms with Crippen LogP contribution in [0, 0.1) is 0 Å². The van der Waals surface area contributed by atoms with Crippen molar-refractivity contribution in [2.75, 3.05) is 18.4 Å². The van der Waals surface area contributed by atoms with Gasteiger partial charge in [0.25, 0.3) is 5.91 Å². The standard InChI is InChI=1S/C16H19N3O4S/c1-3-19(4-2)16-18-14(21)12(24-16)9-13(20)17-11-7-5-6-10(8-11)15(22)23/h5-8,12H,3-4,9H2,1-2H3,(H,17,20)(H,22,23). The molecular formula is C16H19N3O4S. The Balaban J connectivity index is 1.95. The normalized spacial score (nSPS) is 16.7. The Labute approximate surface area is 144 Å². The first kappa shape index (κ1) is 18.0. The summed E-state index contributed by atoms with van der Waals surface area (Å²) in [6, 6.07) is 5.97. The number of carboxylic acid groups (broad SMARTS) is 1. The van der Waals surface area contributed by atoms with Crippen molar-refractivity contribution in [3.8, 4) is 0 Å². The first-order valence-electron chi connectivity index (χ1n) is 7.62. The summed E-state index contributed by atoms with van der Waals surface area (Å²) in [6.07, 6.45) is -0.00489. The van der Waals surface area contributed by atoms with Gasteiger partial charge in [0.1, 0.15) is 5.25 Å². The molecule has 0 aromatic heterocycles. The molecular weight excluding hydrogens is 330 g/mol. The first-order valence-corrected chi connectivity index (χ1v) is 8.49. The lowest BCUT2D eigenvalue weighted by Gasteiger charge is -2.19. The van der Waals surface area contributed by atoms with E-state index >= 15 is 0 Å². The molecule has 0 saturated heterocycles. The van der Waals surface area contributed by atoms with Crippen LogP contribution in [0.1, 0.15) is 30.6 Å². The van der Waals surface area contributed by atoms with Crippen molar-refractivity contribution in [3.63, 3.8) is 0 Å². The molecule has 1 heterocycles. The number of anilines is 1. The molecule has 7 nitrogen and oxygen atoms in total. The topological polar surface area (TPSA) is 99.1 Å². The van der Waals surface area contributed by atoms with E-state index < -0.39 is 11.2 Å². The fraction of sp³-hybridized carbons (Fsp3) is 0.375. The Kier molecular flexibility index (Phi) is 5.97. The van der Waals surface area contributed by atoms with Gasteiger partial charge in [-0.15, -0.1) is 0 Å². The van der Waals surface area contributed by atoms with Crippen LogP contribution in [0.3, 0.4) is 0 Å². The van der Waals surface area contributed by atoms with Crippen LogP contribution in [0.5, 0.6) is 0 Å². The van der Waals surface area contributed by atoms with Crippen LogP contribution in [0.15, 0.2) is 29.3 Å². The molecule has 1 aliphatic rings. The molecule has 24 heavy (non-hydrogen) atoms. The van der Waals surface area contributed by atoms with Crippen LogP contribution in [0.25, 0.3) is 0 Å². The summed E-state index contributed by atoms with van der Waals surface area (Å²) in [5.74, 6) is -1.72. The maximum absolute atomic E-state index is 12.1. The summed E-state index contributed by atoms with van der Waals surface area (Å²) in [7, 11) is 0. The van der Waals surface area contributed by atoms with Crippen molar-refractivity contribution in [2.45, 2.75) is 25.5 Å². The summed E-state index contributed by atoms with van der Waals surface area (Å²) >= 11 is 1.29. The number of carboxylic acids is 1. The number of nitrogens with zero attached hydrogens (tertiary/aromatic N) is 2. The SMILES string of the molecule is CCN(CC)C1=NC(=O)C(CC(=O)Nc2cccc(C(=O)O)c2)S1. The van der Waals surface area contributed by atoms with Crippen molar-refractivity contribution < 1.29 is 19.5 Å². The van der Waals surface area contributed by atoms with Crippen LogP contribution in [-0.2, 0) is 9.59 Å². The Morgan fingerprint density at radius 2 is 2.04 bits per heavy atom. The number of hydrogen-bond acceptors (Lipinski definition) is 5. The lowest BCUT2D eigenvalue weighted by molar-refractivity contribution is -0.121. The number of nitrogens with one attached hydrogen (secondary N) is 1. The van der Waals surface area contributed by atoms with Crippen molar-refractivity contribution in [1.82, 2.24) is 4.90 Å². The number of aromatic carboxylic acids is 1. The van der Waals surface area contributed by atoms with E-state index in [2.05, 4.69) is 10.3 Å². The summed E-state index contributed by atoms with van der Waals surface area (Å²) < 4.78 is 0. The lowest BCUT2D eigenvalue weighted by atomic mass is 10.2. The average molecular weight is 349 g/mol. The highest BCUT2D eigenvalue weighted by Gasteiger charge is 2.32. The zero-order valence-electron chi connectivity index (χ0n) is 13.5. The molecule has 1 aliphatic heterocycles. The van der Waals surface area contributed by atoms with E-state index in [9.17, 15) is 14.4 Å². The first-order chi connectivity index (χ1) is 11.4. The van der Waals surface area contributed by atoms with Crippen molar-refractivity contribution in [2.24, 2.45) is 4.99 Å². The van der Waals surface area contributed by atoms with Crippen LogP contribution in [0.4, 0.5) is 5.69 Å². The molecule has 2 N–H and O–H groups in total. The molecule has 2 rings (SSSR count). The Morgan fingerprint density at radius 1 is 1.33 bits per heavy atom. The Bertz CT molecular complexity index is 686. The molecule has 0 bridgehead atoms. The van der Waals surface area contributed by atoms with Gasteiger partial charge < -0.3 is 15.3 Å². The van der Waals surface area contributed by atoms with Crippen LogP contribution in [0.2, 0.25) is 0 Å². The number of carbonyl (C=O) groups is 3. The smallest absolute Gasteiger partial charge is 0.335 e. The maximum atomic E-state index is 12.1. The molecule has 2 amide bonds. The minimum absolute atomic E-state index is 0.00489. The molecule has 1 unspecified atom stereocenters. The molecule has 0 fully saturated rings. The largest absolute Gasteiger partial charge is 0.478 e. The highest BCUT2D eigenvalue weighted by Crippen LogP contribution is 2.27. The van der Waals surface area contributed by atoms with E-state index in [-0.39, 0.29) is 23.8 Å². The van der Waals surface area contributed by atoms with Crippen LogP contribution in [-0.4, -0.2) is 51.3 Å². The molecule has 0 spiro atoms. The zero-order valence-corrected chi connectivity index (χ0v) is 14.3. The molecule has 1 atom stereocenters. The van der Waals surface area contributed by atoms with E-state index in [0.717, 1.165) is 13.1 Å². The summed E-state index contributed by atoms with van der Waals surface area (Å²) in [5.41, 5.74) is 0.478.